The highest BCUT2D eigenvalue weighted by atomic mass is 32.1. The Morgan fingerprint density at radius 1 is 1.20 bits per heavy atom. The number of anilines is 1. The standard InChI is InChI=1S/C31H28N2O7S/c1-5-12-38-22-9-7-8-19(16-22)25-24(26(34)20-10-11-23-21(15-20)14-17(3)40-23)27(35)29(36)33(25)31-32-18(4)28(41-31)30(37)39-13-6-2/h5-11,15-17,25,34H,1-2,12-14H2,3-4H3/b26-24-. The number of Topliss-reactive ketones (excluding diaryl/α,β-unsaturated/α-hetero) is 1. The molecule has 0 aliphatic carbocycles. The molecule has 3 heterocycles. The molecular formula is C31H28N2O7S. The van der Waals surface area contributed by atoms with Crippen LogP contribution in [0.4, 0.5) is 5.13 Å². The molecule has 210 valence electrons. The molecule has 2 unspecified atom stereocenters. The van der Waals surface area contributed by atoms with Crippen LogP contribution in [-0.2, 0) is 20.7 Å². The molecular weight excluding hydrogens is 544 g/mol. The first-order valence-corrected chi connectivity index (χ1v) is 13.7. The quantitative estimate of drug-likeness (QED) is 0.121. The average molecular weight is 573 g/mol. The van der Waals surface area contributed by atoms with E-state index in [1.165, 1.54) is 11.0 Å². The Balaban J connectivity index is 1.65. The van der Waals surface area contributed by atoms with E-state index in [4.69, 9.17) is 14.2 Å². The van der Waals surface area contributed by atoms with Crippen molar-refractivity contribution in [3.05, 3.63) is 101 Å². The van der Waals surface area contributed by atoms with Crippen molar-refractivity contribution < 1.29 is 33.7 Å². The van der Waals surface area contributed by atoms with E-state index in [1.54, 1.807) is 55.5 Å². The third-order valence-electron chi connectivity index (χ3n) is 6.66. The number of ketones is 1. The molecule has 1 amide bonds. The van der Waals surface area contributed by atoms with Crippen molar-refractivity contribution in [2.24, 2.45) is 0 Å². The summed E-state index contributed by atoms with van der Waals surface area (Å²) in [5, 5.41) is 11.7. The SMILES string of the molecule is C=CCOC(=O)c1sc(N2C(=O)C(=O)/C(=C(\O)c3ccc4c(c3)CC(C)O4)C2c2cccc(OCC=C)c2)nc1C. The number of thiazole rings is 1. The van der Waals surface area contributed by atoms with E-state index >= 15 is 0 Å². The molecule has 0 radical (unpaired) electrons. The number of aromatic nitrogens is 1. The van der Waals surface area contributed by atoms with E-state index in [-0.39, 0.29) is 40.7 Å². The first kappa shape index (κ1) is 27.9. The van der Waals surface area contributed by atoms with Gasteiger partial charge in [-0.1, -0.05) is 48.8 Å². The molecule has 5 rings (SSSR count). The van der Waals surface area contributed by atoms with Gasteiger partial charge in [-0.2, -0.15) is 0 Å². The van der Waals surface area contributed by atoms with E-state index in [1.807, 2.05) is 6.92 Å². The number of aliphatic hydroxyl groups excluding tert-OH is 1. The minimum atomic E-state index is -1.05. The predicted octanol–water partition coefficient (Wildman–Crippen LogP) is 5.31. The number of nitrogens with zero attached hydrogens (tertiary/aromatic N) is 2. The number of carbonyl (C=O) groups excluding carboxylic acids is 3. The number of amides is 1. The van der Waals surface area contributed by atoms with Crippen LogP contribution in [0.25, 0.3) is 5.76 Å². The molecule has 9 nitrogen and oxygen atoms in total. The number of aryl methyl sites for hydroxylation is 1. The van der Waals surface area contributed by atoms with Gasteiger partial charge in [0.25, 0.3) is 5.78 Å². The molecule has 0 saturated carbocycles. The lowest BCUT2D eigenvalue weighted by molar-refractivity contribution is -0.132. The van der Waals surface area contributed by atoms with Gasteiger partial charge >= 0.3 is 11.9 Å². The number of esters is 1. The summed E-state index contributed by atoms with van der Waals surface area (Å²) < 4.78 is 16.6. The lowest BCUT2D eigenvalue weighted by Gasteiger charge is -2.23. The Morgan fingerprint density at radius 3 is 2.73 bits per heavy atom. The molecule has 1 N–H and O–H groups in total. The minimum Gasteiger partial charge on any atom is -0.507 e. The highest BCUT2D eigenvalue weighted by Gasteiger charge is 2.48. The number of hydrogen-bond donors (Lipinski definition) is 1. The molecule has 1 aromatic heterocycles. The van der Waals surface area contributed by atoms with Gasteiger partial charge in [0.1, 0.15) is 41.5 Å². The van der Waals surface area contributed by atoms with Crippen molar-refractivity contribution >= 4 is 39.9 Å². The summed E-state index contributed by atoms with van der Waals surface area (Å²) in [5.41, 5.74) is 2.02. The maximum absolute atomic E-state index is 13.6. The number of carbonyl (C=O) groups is 3. The maximum Gasteiger partial charge on any atom is 0.350 e. The van der Waals surface area contributed by atoms with Crippen LogP contribution in [0.1, 0.15) is 45.0 Å². The highest BCUT2D eigenvalue weighted by molar-refractivity contribution is 7.17. The Kier molecular flexibility index (Phi) is 7.76. The Labute approximate surface area is 241 Å². The van der Waals surface area contributed by atoms with E-state index in [0.717, 1.165) is 16.9 Å². The second-order valence-electron chi connectivity index (χ2n) is 9.59. The fourth-order valence-electron chi connectivity index (χ4n) is 4.87. The predicted molar refractivity (Wildman–Crippen MR) is 154 cm³/mol. The van der Waals surface area contributed by atoms with Gasteiger partial charge in [-0.3, -0.25) is 14.5 Å². The van der Waals surface area contributed by atoms with Crippen LogP contribution >= 0.6 is 11.3 Å². The van der Waals surface area contributed by atoms with Crippen molar-refractivity contribution in [1.82, 2.24) is 4.98 Å². The van der Waals surface area contributed by atoms with Crippen LogP contribution in [0.2, 0.25) is 0 Å². The molecule has 3 aromatic rings. The molecule has 2 aliphatic rings. The topological polar surface area (TPSA) is 115 Å². The number of aliphatic hydroxyl groups is 1. The van der Waals surface area contributed by atoms with Crippen LogP contribution in [0.15, 0.2) is 73.3 Å². The number of rotatable bonds is 9. The van der Waals surface area contributed by atoms with Crippen LogP contribution in [0, 0.1) is 6.92 Å². The molecule has 2 atom stereocenters. The average Bonchev–Trinajstić information content (AvgIpc) is 3.61. The summed E-state index contributed by atoms with van der Waals surface area (Å²) in [5.74, 6) is -1.50. The van der Waals surface area contributed by atoms with E-state index in [9.17, 15) is 19.5 Å². The molecule has 1 saturated heterocycles. The first-order chi connectivity index (χ1) is 19.7. The second-order valence-corrected chi connectivity index (χ2v) is 10.6. The first-order valence-electron chi connectivity index (χ1n) is 12.9. The maximum atomic E-state index is 13.6. The number of benzene rings is 2. The molecule has 1 fully saturated rings. The van der Waals surface area contributed by atoms with E-state index in [2.05, 4.69) is 18.1 Å². The van der Waals surface area contributed by atoms with Crippen molar-refractivity contribution in [3.8, 4) is 11.5 Å². The molecule has 2 aromatic carbocycles. The summed E-state index contributed by atoms with van der Waals surface area (Å²) >= 11 is 0.931. The lowest BCUT2D eigenvalue weighted by Crippen LogP contribution is -2.29. The summed E-state index contributed by atoms with van der Waals surface area (Å²) in [6.07, 6.45) is 3.69. The molecule has 2 aliphatic heterocycles. The van der Waals surface area contributed by atoms with Crippen molar-refractivity contribution in [3.63, 3.8) is 0 Å². The molecule has 41 heavy (non-hydrogen) atoms. The molecule has 0 bridgehead atoms. The summed E-state index contributed by atoms with van der Waals surface area (Å²) in [4.78, 5) is 45.7. The van der Waals surface area contributed by atoms with Crippen LogP contribution in [0.3, 0.4) is 0 Å². The minimum absolute atomic E-state index is 0.00760. The summed E-state index contributed by atoms with van der Waals surface area (Å²) in [7, 11) is 0. The fourth-order valence-corrected chi connectivity index (χ4v) is 5.86. The summed E-state index contributed by atoms with van der Waals surface area (Å²) in [6.45, 7) is 11.0. The highest BCUT2D eigenvalue weighted by Crippen LogP contribution is 2.45. The molecule has 0 spiro atoms. The third kappa shape index (κ3) is 5.26. The van der Waals surface area contributed by atoms with Crippen LogP contribution in [0.5, 0.6) is 11.5 Å². The van der Waals surface area contributed by atoms with Gasteiger partial charge in [-0.25, -0.2) is 9.78 Å². The van der Waals surface area contributed by atoms with Gasteiger partial charge in [0.15, 0.2) is 5.13 Å². The smallest absolute Gasteiger partial charge is 0.350 e. The van der Waals surface area contributed by atoms with Crippen molar-refractivity contribution in [1.29, 1.82) is 0 Å². The Hall–Kier alpha value is -4.70. The van der Waals surface area contributed by atoms with Crippen LogP contribution < -0.4 is 14.4 Å². The Bertz CT molecular complexity index is 1610. The largest absolute Gasteiger partial charge is 0.507 e. The molecule has 10 heteroatoms. The van der Waals surface area contributed by atoms with Gasteiger partial charge in [0.05, 0.1) is 17.3 Å². The van der Waals surface area contributed by atoms with Gasteiger partial charge in [-0.15, -0.1) is 0 Å². The summed E-state index contributed by atoms with van der Waals surface area (Å²) in [6, 6.07) is 11.0. The number of ether oxygens (including phenoxy) is 3. The monoisotopic (exact) mass is 572 g/mol. The zero-order chi connectivity index (χ0) is 29.3. The van der Waals surface area contributed by atoms with Gasteiger partial charge in [0.2, 0.25) is 0 Å². The fraction of sp³-hybridized carbons (Fsp3) is 0.226. The Morgan fingerprint density at radius 2 is 1.98 bits per heavy atom. The second kappa shape index (κ2) is 11.4. The van der Waals surface area contributed by atoms with Gasteiger partial charge in [0, 0.05) is 12.0 Å². The lowest BCUT2D eigenvalue weighted by atomic mass is 9.94. The van der Waals surface area contributed by atoms with Crippen LogP contribution in [-0.4, -0.2) is 47.1 Å². The van der Waals surface area contributed by atoms with E-state index < -0.39 is 23.7 Å². The van der Waals surface area contributed by atoms with Gasteiger partial charge in [-0.05, 0) is 55.3 Å². The normalized spacial score (nSPS) is 19.0. The number of hydrogen-bond acceptors (Lipinski definition) is 9. The van der Waals surface area contributed by atoms with Crippen molar-refractivity contribution in [2.45, 2.75) is 32.4 Å². The zero-order valence-corrected chi connectivity index (χ0v) is 23.4. The zero-order valence-electron chi connectivity index (χ0n) is 22.6. The van der Waals surface area contributed by atoms with E-state index in [0.29, 0.717) is 34.7 Å². The van der Waals surface area contributed by atoms with Crippen molar-refractivity contribution in [2.75, 3.05) is 18.1 Å². The van der Waals surface area contributed by atoms with Gasteiger partial charge < -0.3 is 19.3 Å². The number of fused-ring (bicyclic) bond motifs is 1. The third-order valence-corrected chi connectivity index (χ3v) is 7.80.